The molecule has 2 atom stereocenters. The van der Waals surface area contributed by atoms with Crippen LogP contribution in [0.1, 0.15) is 25.7 Å². The maximum atomic E-state index is 14.5. The Morgan fingerprint density at radius 3 is 2.42 bits per heavy atom. The molecule has 2 unspecified atom stereocenters. The molecule has 0 radical (unpaired) electrons. The van der Waals surface area contributed by atoms with E-state index < -0.39 is 42.2 Å². The van der Waals surface area contributed by atoms with Crippen LogP contribution in [-0.4, -0.2) is 24.7 Å². The van der Waals surface area contributed by atoms with Crippen LogP contribution in [0.4, 0.5) is 26.3 Å². The summed E-state index contributed by atoms with van der Waals surface area (Å²) in [6, 6.07) is 5.37. The number of esters is 1. The fourth-order valence-electron chi connectivity index (χ4n) is 3.84. The second-order valence-corrected chi connectivity index (χ2v) is 7.49. The molecule has 0 N–H and O–H groups in total. The molecule has 1 aliphatic rings. The number of fused-ring (bicyclic) bond motifs is 1. The minimum Gasteiger partial charge on any atom is -0.426 e. The van der Waals surface area contributed by atoms with E-state index in [1.54, 1.807) is 6.08 Å². The van der Waals surface area contributed by atoms with Gasteiger partial charge in [-0.25, -0.2) is 13.2 Å². The van der Waals surface area contributed by atoms with Gasteiger partial charge in [-0.1, -0.05) is 12.1 Å². The first-order valence-electron chi connectivity index (χ1n) is 9.67. The summed E-state index contributed by atoms with van der Waals surface area (Å²) in [6.07, 6.45) is -5.50. The highest BCUT2D eigenvalue weighted by atomic mass is 19.4. The number of hydrogen-bond acceptors (Lipinski definition) is 3. The first kappa shape index (κ1) is 23.0. The third-order valence-corrected chi connectivity index (χ3v) is 5.28. The summed E-state index contributed by atoms with van der Waals surface area (Å²) >= 11 is 0. The van der Waals surface area contributed by atoms with Gasteiger partial charge < -0.3 is 9.47 Å². The van der Waals surface area contributed by atoms with E-state index in [9.17, 15) is 31.1 Å². The summed E-state index contributed by atoms with van der Waals surface area (Å²) in [5.41, 5.74) is 0. The van der Waals surface area contributed by atoms with Gasteiger partial charge in [0.2, 0.25) is 0 Å². The molecule has 0 saturated heterocycles. The average molecular weight is 446 g/mol. The van der Waals surface area contributed by atoms with Gasteiger partial charge >= 0.3 is 12.3 Å². The van der Waals surface area contributed by atoms with Crippen molar-refractivity contribution in [1.82, 2.24) is 0 Å². The fourth-order valence-corrected chi connectivity index (χ4v) is 3.84. The van der Waals surface area contributed by atoms with E-state index in [0.717, 1.165) is 24.3 Å². The third kappa shape index (κ3) is 5.51. The lowest BCUT2D eigenvalue weighted by Crippen LogP contribution is -2.42. The van der Waals surface area contributed by atoms with Gasteiger partial charge in [-0.05, 0) is 61.3 Å². The van der Waals surface area contributed by atoms with Crippen molar-refractivity contribution in [3.05, 3.63) is 48.8 Å². The monoisotopic (exact) mass is 446 g/mol. The molecule has 3 nitrogen and oxygen atoms in total. The lowest BCUT2D eigenvalue weighted by molar-refractivity contribution is -0.275. The lowest BCUT2D eigenvalue weighted by atomic mass is 9.77. The zero-order chi connectivity index (χ0) is 22.8. The number of carbonyl (C=O) groups is 1. The Balaban J connectivity index is 1.73. The minimum absolute atomic E-state index is 0.0406. The van der Waals surface area contributed by atoms with Crippen LogP contribution in [0.5, 0.6) is 11.5 Å². The molecule has 2 aromatic rings. The topological polar surface area (TPSA) is 35.5 Å². The summed E-state index contributed by atoms with van der Waals surface area (Å²) in [6.45, 7) is 3.58. The highest BCUT2D eigenvalue weighted by molar-refractivity contribution is 5.87. The van der Waals surface area contributed by atoms with Crippen molar-refractivity contribution in [1.29, 1.82) is 0 Å². The summed E-state index contributed by atoms with van der Waals surface area (Å²) in [5, 5.41) is -0.0740. The molecular formula is C22H20F6O3. The van der Waals surface area contributed by atoms with Crippen molar-refractivity contribution in [2.45, 2.75) is 44.4 Å². The zero-order valence-electron chi connectivity index (χ0n) is 16.3. The number of rotatable bonds is 6. The van der Waals surface area contributed by atoms with E-state index in [1.165, 1.54) is 6.07 Å². The van der Waals surface area contributed by atoms with Crippen molar-refractivity contribution in [3.8, 4) is 11.5 Å². The van der Waals surface area contributed by atoms with Gasteiger partial charge in [0.05, 0.1) is 0 Å². The number of benzene rings is 2. The predicted octanol–water partition coefficient (Wildman–Crippen LogP) is 6.45. The van der Waals surface area contributed by atoms with Crippen LogP contribution < -0.4 is 9.47 Å². The highest BCUT2D eigenvalue weighted by Gasteiger charge is 2.44. The number of hydrogen-bond donors (Lipinski definition) is 0. The molecule has 1 aliphatic carbocycles. The van der Waals surface area contributed by atoms with Crippen LogP contribution in [0.15, 0.2) is 43.0 Å². The van der Waals surface area contributed by atoms with E-state index in [2.05, 4.69) is 11.3 Å². The number of carbonyl (C=O) groups excluding carboxylic acids is 1. The van der Waals surface area contributed by atoms with Crippen LogP contribution >= 0.6 is 0 Å². The van der Waals surface area contributed by atoms with Crippen molar-refractivity contribution in [2.75, 3.05) is 0 Å². The van der Waals surface area contributed by atoms with Crippen LogP contribution in [-0.2, 0) is 4.79 Å². The van der Waals surface area contributed by atoms with Gasteiger partial charge in [-0.3, -0.25) is 4.79 Å². The molecule has 3 rings (SSSR count). The van der Waals surface area contributed by atoms with Crippen LogP contribution in [0.3, 0.4) is 0 Å². The smallest absolute Gasteiger partial charge is 0.426 e. The Kier molecular flexibility index (Phi) is 6.81. The van der Waals surface area contributed by atoms with E-state index in [-0.39, 0.29) is 35.3 Å². The first-order chi connectivity index (χ1) is 14.6. The zero-order valence-corrected chi connectivity index (χ0v) is 16.3. The van der Waals surface area contributed by atoms with E-state index in [1.807, 2.05) is 0 Å². The molecule has 31 heavy (non-hydrogen) atoms. The summed E-state index contributed by atoms with van der Waals surface area (Å²) in [7, 11) is 0. The van der Waals surface area contributed by atoms with E-state index >= 15 is 0 Å². The van der Waals surface area contributed by atoms with E-state index in [4.69, 9.17) is 4.74 Å². The maximum absolute atomic E-state index is 14.5. The van der Waals surface area contributed by atoms with Crippen molar-refractivity contribution in [2.24, 2.45) is 11.8 Å². The summed E-state index contributed by atoms with van der Waals surface area (Å²) in [5.74, 6) is -5.19. The highest BCUT2D eigenvalue weighted by Crippen LogP contribution is 2.37. The molecule has 1 fully saturated rings. The van der Waals surface area contributed by atoms with Crippen LogP contribution in [0.2, 0.25) is 0 Å². The standard InChI is InChI=1S/C22H20F6O3/c1-2-3-4-12-9-16(23)19(17(24)10-12)21(29)30-14-6-7-15-13(11-14)5-8-18(20(15)25)31-22(26,27)28/h2,5-8,11-12,16-17,19H,1,3-4,9-10H2. The molecule has 0 heterocycles. The number of allylic oxidation sites excluding steroid dienone is 1. The molecule has 0 aromatic heterocycles. The lowest BCUT2D eigenvalue weighted by Gasteiger charge is -2.33. The molecule has 9 heteroatoms. The molecule has 2 aromatic carbocycles. The fraction of sp³-hybridized carbons (Fsp3) is 0.409. The van der Waals surface area contributed by atoms with Gasteiger partial charge in [0.25, 0.3) is 0 Å². The van der Waals surface area contributed by atoms with Gasteiger partial charge in [0.1, 0.15) is 24.0 Å². The Morgan fingerprint density at radius 2 is 1.81 bits per heavy atom. The molecule has 168 valence electrons. The third-order valence-electron chi connectivity index (χ3n) is 5.28. The Hall–Kier alpha value is -2.71. The second kappa shape index (κ2) is 9.20. The number of ether oxygens (including phenoxy) is 2. The van der Waals surface area contributed by atoms with Crippen LogP contribution in [0, 0.1) is 17.7 Å². The Morgan fingerprint density at radius 1 is 1.13 bits per heavy atom. The average Bonchev–Trinajstić information content (AvgIpc) is 2.67. The van der Waals surface area contributed by atoms with E-state index in [0.29, 0.717) is 12.8 Å². The van der Waals surface area contributed by atoms with Crippen LogP contribution in [0.25, 0.3) is 10.8 Å². The molecule has 1 saturated carbocycles. The number of halogens is 6. The van der Waals surface area contributed by atoms with Gasteiger partial charge in [-0.15, -0.1) is 19.8 Å². The Bertz CT molecular complexity index is 946. The SMILES string of the molecule is C=CCCC1CC(F)C(C(=O)Oc2ccc3c(F)c(OC(F)(F)F)ccc3c2)C(F)C1. The van der Waals surface area contributed by atoms with Gasteiger partial charge in [0, 0.05) is 5.39 Å². The molecule has 0 amide bonds. The first-order valence-corrected chi connectivity index (χ1v) is 9.67. The van der Waals surface area contributed by atoms with Gasteiger partial charge in [-0.2, -0.15) is 0 Å². The normalized spacial score (nSPS) is 24.1. The molecule has 0 bridgehead atoms. The second-order valence-electron chi connectivity index (χ2n) is 7.49. The maximum Gasteiger partial charge on any atom is 0.573 e. The number of alkyl halides is 5. The Labute approximate surface area is 174 Å². The molecule has 0 aliphatic heterocycles. The van der Waals surface area contributed by atoms with Crippen molar-refractivity contribution >= 4 is 16.7 Å². The largest absolute Gasteiger partial charge is 0.573 e. The van der Waals surface area contributed by atoms with Gasteiger partial charge in [0.15, 0.2) is 11.6 Å². The molecule has 0 spiro atoms. The summed E-state index contributed by atoms with van der Waals surface area (Å²) in [4.78, 5) is 12.4. The quantitative estimate of drug-likeness (QED) is 0.221. The summed E-state index contributed by atoms with van der Waals surface area (Å²) < 4.78 is 89.0. The molecular weight excluding hydrogens is 426 g/mol. The van der Waals surface area contributed by atoms with Crippen molar-refractivity contribution < 1.29 is 40.6 Å². The predicted molar refractivity (Wildman–Crippen MR) is 102 cm³/mol. The van der Waals surface area contributed by atoms with Crippen molar-refractivity contribution in [3.63, 3.8) is 0 Å². The minimum atomic E-state index is -5.06.